The second kappa shape index (κ2) is 9.91. The molecule has 1 fully saturated rings. The van der Waals surface area contributed by atoms with Crippen molar-refractivity contribution in [2.45, 2.75) is 37.8 Å². The van der Waals surface area contributed by atoms with E-state index >= 15 is 0 Å². The Bertz CT molecular complexity index is 1450. The second-order valence-corrected chi connectivity index (χ2v) is 9.64. The third-order valence-electron chi connectivity index (χ3n) is 6.36. The molecule has 1 aliphatic carbocycles. The zero-order valence-corrected chi connectivity index (χ0v) is 21.2. The van der Waals surface area contributed by atoms with E-state index in [0.29, 0.717) is 22.5 Å². The van der Waals surface area contributed by atoms with Crippen molar-refractivity contribution in [3.05, 3.63) is 77.2 Å². The van der Waals surface area contributed by atoms with Gasteiger partial charge in [0.05, 0.1) is 18.4 Å². The molecule has 2 aromatic heterocycles. The number of hydrogen-bond acceptors (Lipinski definition) is 6. The molecule has 8 nitrogen and oxygen atoms in total. The fourth-order valence-corrected chi connectivity index (χ4v) is 4.97. The lowest BCUT2D eigenvalue weighted by Crippen LogP contribution is -2.18. The van der Waals surface area contributed by atoms with Gasteiger partial charge in [-0.25, -0.2) is 0 Å². The van der Waals surface area contributed by atoms with Crippen LogP contribution in [0.15, 0.2) is 59.8 Å². The van der Waals surface area contributed by atoms with Crippen LogP contribution in [0.1, 0.15) is 41.4 Å². The van der Waals surface area contributed by atoms with Crippen molar-refractivity contribution in [1.29, 1.82) is 5.26 Å². The molecule has 182 valence electrons. The van der Waals surface area contributed by atoms with Crippen LogP contribution in [-0.4, -0.2) is 38.1 Å². The van der Waals surface area contributed by atoms with Gasteiger partial charge in [-0.1, -0.05) is 30.0 Å². The average Bonchev–Trinajstić information content (AvgIpc) is 3.62. The van der Waals surface area contributed by atoms with E-state index in [1.54, 1.807) is 7.11 Å². The number of amides is 1. The number of rotatable bonds is 8. The lowest BCUT2D eigenvalue weighted by atomic mass is 10.2. The molecule has 5 rings (SSSR count). The number of hydrogen-bond donors (Lipinski definition) is 1. The molecule has 9 heteroatoms. The van der Waals surface area contributed by atoms with Crippen LogP contribution in [0.25, 0.3) is 11.4 Å². The van der Waals surface area contributed by atoms with Gasteiger partial charge in [-0.2, -0.15) is 5.26 Å². The summed E-state index contributed by atoms with van der Waals surface area (Å²) in [5.74, 6) is 2.46. The molecule has 2 heterocycles. The minimum absolute atomic E-state index is 0.131. The van der Waals surface area contributed by atoms with Gasteiger partial charge in [0.15, 0.2) is 5.16 Å². The van der Waals surface area contributed by atoms with Crippen molar-refractivity contribution < 1.29 is 9.53 Å². The molecule has 1 aliphatic rings. The molecular weight excluding hydrogens is 472 g/mol. The number of ether oxygens (including phenoxy) is 1. The standard InChI is InChI=1S/C27H26N6O2S/c1-17-18(2)32(21-11-13-22(35-3)14-12-21)26(23(17)15-28)29-24(34)16-36-27-31-30-25(19-9-10-19)33(27)20-7-5-4-6-8-20/h4-8,11-14,19H,9-10,16H2,1-3H3,(H,29,34). The number of benzene rings is 2. The highest BCUT2D eigenvalue weighted by Crippen LogP contribution is 2.41. The number of nitriles is 1. The summed E-state index contributed by atoms with van der Waals surface area (Å²) in [5, 5.41) is 22.3. The van der Waals surface area contributed by atoms with Crippen molar-refractivity contribution in [3.8, 4) is 23.2 Å². The van der Waals surface area contributed by atoms with Gasteiger partial charge in [0.2, 0.25) is 5.91 Å². The molecule has 4 aromatic rings. The van der Waals surface area contributed by atoms with E-state index in [4.69, 9.17) is 4.74 Å². The molecule has 36 heavy (non-hydrogen) atoms. The van der Waals surface area contributed by atoms with E-state index in [-0.39, 0.29) is 11.7 Å². The first-order chi connectivity index (χ1) is 17.5. The molecular formula is C27H26N6O2S. The van der Waals surface area contributed by atoms with Crippen molar-refractivity contribution >= 4 is 23.5 Å². The van der Waals surface area contributed by atoms with Gasteiger partial charge in [0.25, 0.3) is 0 Å². The Morgan fingerprint density at radius 2 is 1.78 bits per heavy atom. The van der Waals surface area contributed by atoms with Crippen molar-refractivity contribution in [2.24, 2.45) is 0 Å². The van der Waals surface area contributed by atoms with Crippen molar-refractivity contribution in [2.75, 3.05) is 18.2 Å². The molecule has 0 spiro atoms. The smallest absolute Gasteiger partial charge is 0.236 e. The first-order valence-electron chi connectivity index (χ1n) is 11.7. The number of nitrogens with one attached hydrogen (secondary N) is 1. The molecule has 1 saturated carbocycles. The summed E-state index contributed by atoms with van der Waals surface area (Å²) in [6.45, 7) is 3.83. The Hall–Kier alpha value is -4.03. The van der Waals surface area contributed by atoms with E-state index < -0.39 is 0 Å². The van der Waals surface area contributed by atoms with Crippen LogP contribution in [-0.2, 0) is 4.79 Å². The largest absolute Gasteiger partial charge is 0.497 e. The lowest BCUT2D eigenvalue weighted by molar-refractivity contribution is -0.113. The van der Waals surface area contributed by atoms with Crippen LogP contribution in [0.2, 0.25) is 0 Å². The number of aromatic nitrogens is 4. The van der Waals surface area contributed by atoms with Gasteiger partial charge in [-0.3, -0.25) is 13.9 Å². The molecule has 0 atom stereocenters. The summed E-state index contributed by atoms with van der Waals surface area (Å²) in [6.07, 6.45) is 2.21. The summed E-state index contributed by atoms with van der Waals surface area (Å²) in [6, 6.07) is 19.7. The highest BCUT2D eigenvalue weighted by atomic mass is 32.2. The van der Waals surface area contributed by atoms with Gasteiger partial charge >= 0.3 is 0 Å². The second-order valence-electron chi connectivity index (χ2n) is 8.70. The van der Waals surface area contributed by atoms with Gasteiger partial charge in [0, 0.05) is 23.0 Å². The van der Waals surface area contributed by atoms with Crippen LogP contribution in [0.3, 0.4) is 0 Å². The number of carbonyl (C=O) groups excluding carboxylic acids is 1. The molecule has 1 N–H and O–H groups in total. The highest BCUT2D eigenvalue weighted by molar-refractivity contribution is 7.99. The zero-order chi connectivity index (χ0) is 25.2. The van der Waals surface area contributed by atoms with E-state index in [9.17, 15) is 10.1 Å². The van der Waals surface area contributed by atoms with Crippen molar-refractivity contribution in [3.63, 3.8) is 0 Å². The number of thioether (sulfide) groups is 1. The highest BCUT2D eigenvalue weighted by Gasteiger charge is 2.31. The van der Waals surface area contributed by atoms with E-state index in [0.717, 1.165) is 47.0 Å². The molecule has 0 saturated heterocycles. The number of methoxy groups -OCH3 is 1. The van der Waals surface area contributed by atoms with Crippen LogP contribution in [0.5, 0.6) is 5.75 Å². The Balaban J connectivity index is 1.40. The maximum Gasteiger partial charge on any atom is 0.236 e. The fourth-order valence-electron chi connectivity index (χ4n) is 4.21. The number of para-hydroxylation sites is 1. The first kappa shape index (κ1) is 23.7. The maximum atomic E-state index is 13.1. The molecule has 2 aromatic carbocycles. The average molecular weight is 499 g/mol. The Labute approximate surface area is 213 Å². The molecule has 0 radical (unpaired) electrons. The topological polar surface area (TPSA) is 97.8 Å². The first-order valence-corrected chi connectivity index (χ1v) is 12.7. The third kappa shape index (κ3) is 4.48. The fraction of sp³-hybridized carbons (Fsp3) is 0.259. The normalized spacial score (nSPS) is 12.8. The van der Waals surface area contributed by atoms with Crippen LogP contribution >= 0.6 is 11.8 Å². The van der Waals surface area contributed by atoms with Crippen LogP contribution in [0.4, 0.5) is 5.82 Å². The molecule has 0 bridgehead atoms. The Kier molecular flexibility index (Phi) is 6.53. The Morgan fingerprint density at radius 3 is 2.42 bits per heavy atom. The zero-order valence-electron chi connectivity index (χ0n) is 20.4. The third-order valence-corrected chi connectivity index (χ3v) is 7.29. The van der Waals surface area contributed by atoms with E-state index in [1.165, 1.54) is 11.8 Å². The number of anilines is 1. The van der Waals surface area contributed by atoms with Gasteiger partial charge in [0.1, 0.15) is 23.5 Å². The summed E-state index contributed by atoms with van der Waals surface area (Å²) < 4.78 is 9.21. The summed E-state index contributed by atoms with van der Waals surface area (Å²) in [4.78, 5) is 13.1. The predicted octanol–water partition coefficient (Wildman–Crippen LogP) is 5.16. The maximum absolute atomic E-state index is 13.1. The van der Waals surface area contributed by atoms with Crippen LogP contribution < -0.4 is 10.1 Å². The molecule has 1 amide bonds. The SMILES string of the molecule is COc1ccc(-n2c(C)c(C)c(C#N)c2NC(=O)CSc2nnc(C3CC3)n2-c2ccccc2)cc1. The summed E-state index contributed by atoms with van der Waals surface area (Å²) in [5.41, 5.74) is 3.98. The van der Waals surface area contributed by atoms with E-state index in [2.05, 4.69) is 21.6 Å². The molecule has 0 unspecified atom stereocenters. The predicted molar refractivity (Wildman–Crippen MR) is 139 cm³/mol. The minimum atomic E-state index is -0.223. The van der Waals surface area contributed by atoms with E-state index in [1.807, 2.05) is 77.6 Å². The van der Waals surface area contributed by atoms with Gasteiger partial charge < -0.3 is 10.1 Å². The summed E-state index contributed by atoms with van der Waals surface area (Å²) >= 11 is 1.33. The van der Waals surface area contributed by atoms with Gasteiger partial charge in [-0.05, 0) is 68.7 Å². The monoisotopic (exact) mass is 498 g/mol. The quantitative estimate of drug-likeness (QED) is 0.337. The molecule has 0 aliphatic heterocycles. The van der Waals surface area contributed by atoms with Crippen molar-refractivity contribution in [1.82, 2.24) is 19.3 Å². The lowest BCUT2D eigenvalue weighted by Gasteiger charge is -2.14. The minimum Gasteiger partial charge on any atom is -0.497 e. The summed E-state index contributed by atoms with van der Waals surface area (Å²) in [7, 11) is 1.61. The number of carbonyl (C=O) groups is 1. The van der Waals surface area contributed by atoms with Crippen LogP contribution in [0, 0.1) is 25.2 Å². The van der Waals surface area contributed by atoms with Gasteiger partial charge in [-0.15, -0.1) is 10.2 Å². The Morgan fingerprint density at radius 1 is 1.08 bits per heavy atom. The number of nitrogens with zero attached hydrogens (tertiary/aromatic N) is 5.